The third-order valence-corrected chi connectivity index (χ3v) is 9.13. The number of benzene rings is 2. The minimum absolute atomic E-state index is 0.208. The zero-order valence-electron chi connectivity index (χ0n) is 25.8. The highest BCUT2D eigenvalue weighted by atomic mass is 35.5. The lowest BCUT2D eigenvalue weighted by Crippen LogP contribution is -2.35. The van der Waals surface area contributed by atoms with Crippen molar-refractivity contribution < 1.29 is 4.74 Å². The number of rotatable bonds is 8. The van der Waals surface area contributed by atoms with Gasteiger partial charge in [0.15, 0.2) is 0 Å². The molecule has 11 heteroatoms. The minimum atomic E-state index is -0.208. The fraction of sp³-hybridized carbons (Fsp3) is 0.343. The van der Waals surface area contributed by atoms with Crippen molar-refractivity contribution in [3.05, 3.63) is 99.4 Å². The van der Waals surface area contributed by atoms with Crippen LogP contribution in [0.15, 0.2) is 71.9 Å². The maximum absolute atomic E-state index is 14.3. The summed E-state index contributed by atoms with van der Waals surface area (Å²) in [6.07, 6.45) is 9.08. The van der Waals surface area contributed by atoms with Gasteiger partial charge in [-0.25, -0.2) is 4.98 Å². The van der Waals surface area contributed by atoms with E-state index < -0.39 is 0 Å². The van der Waals surface area contributed by atoms with Crippen LogP contribution >= 0.6 is 11.6 Å². The van der Waals surface area contributed by atoms with Gasteiger partial charge in [0.25, 0.3) is 5.56 Å². The molecule has 5 aromatic rings. The van der Waals surface area contributed by atoms with E-state index in [2.05, 4.69) is 33.1 Å². The van der Waals surface area contributed by atoms with Gasteiger partial charge in [0, 0.05) is 76.7 Å². The molecule has 3 N–H and O–H groups in total. The van der Waals surface area contributed by atoms with Gasteiger partial charge in [-0.1, -0.05) is 23.7 Å². The van der Waals surface area contributed by atoms with Crippen LogP contribution in [-0.4, -0.2) is 56.8 Å². The maximum Gasteiger partial charge on any atom is 0.260 e. The van der Waals surface area contributed by atoms with Crippen LogP contribution in [-0.2, 0) is 11.3 Å². The maximum atomic E-state index is 14.3. The van der Waals surface area contributed by atoms with Crippen LogP contribution in [0.1, 0.15) is 48.6 Å². The lowest BCUT2D eigenvalue weighted by molar-refractivity contribution is 0.0842. The first-order valence-electron chi connectivity index (χ1n) is 15.9. The van der Waals surface area contributed by atoms with Crippen LogP contribution in [0.3, 0.4) is 0 Å². The number of nitrogens with one attached hydrogen (secondary N) is 3. The first-order chi connectivity index (χ1) is 22.5. The topological polar surface area (TPSA) is 119 Å². The molecule has 5 heterocycles. The van der Waals surface area contributed by atoms with Crippen LogP contribution in [0.4, 0.5) is 17.3 Å². The standard InChI is InChI=1S/C35H37ClN8O2/c1-22-2-7-28(30(36)18-22)29-19-24-20-40-35(42-26-5-3-25(4-6-26)41-27-8-12-37-13-9-27)43-33(24)44(34(29)45)21-31-32(39-15-14-38-31)23-10-16-46-17-11-23/h2-7,14-15,18-20,23,27,37,41H,8-13,16-17,21H2,1H3,(H,40,42,43). The second kappa shape index (κ2) is 13.5. The third kappa shape index (κ3) is 6.60. The van der Waals surface area contributed by atoms with Gasteiger partial charge in [0.05, 0.1) is 17.9 Å². The number of nitrogens with zero attached hydrogens (tertiary/aromatic N) is 5. The molecule has 0 saturated carbocycles. The smallest absolute Gasteiger partial charge is 0.260 e. The molecular formula is C35H37ClN8O2. The molecule has 236 valence electrons. The number of aryl methyl sites for hydroxylation is 1. The monoisotopic (exact) mass is 636 g/mol. The van der Waals surface area contributed by atoms with Crippen molar-refractivity contribution in [3.63, 3.8) is 0 Å². The second-order valence-corrected chi connectivity index (χ2v) is 12.5. The molecule has 10 nitrogen and oxygen atoms in total. The third-order valence-electron chi connectivity index (χ3n) is 8.81. The van der Waals surface area contributed by atoms with Gasteiger partial charge in [-0.3, -0.25) is 19.3 Å². The van der Waals surface area contributed by atoms with E-state index in [-0.39, 0.29) is 18.0 Å². The first kappa shape index (κ1) is 30.3. The van der Waals surface area contributed by atoms with Crippen molar-refractivity contribution in [2.75, 3.05) is 36.9 Å². The highest BCUT2D eigenvalue weighted by Gasteiger charge is 2.23. The molecule has 0 aliphatic carbocycles. The Bertz CT molecular complexity index is 1900. The van der Waals surface area contributed by atoms with E-state index >= 15 is 0 Å². The molecule has 0 unspecified atom stereocenters. The van der Waals surface area contributed by atoms with Gasteiger partial charge in [-0.05, 0) is 87.7 Å². The number of halogens is 1. The average Bonchev–Trinajstić information content (AvgIpc) is 3.08. The van der Waals surface area contributed by atoms with E-state index in [0.717, 1.165) is 72.5 Å². The predicted molar refractivity (Wildman–Crippen MR) is 182 cm³/mol. The molecule has 0 atom stereocenters. The van der Waals surface area contributed by atoms with Crippen LogP contribution < -0.4 is 21.5 Å². The lowest BCUT2D eigenvalue weighted by Gasteiger charge is -2.24. The Balaban J connectivity index is 1.26. The molecule has 2 saturated heterocycles. The quantitative estimate of drug-likeness (QED) is 0.187. The molecule has 2 aliphatic heterocycles. The number of pyridine rings is 1. The molecule has 0 radical (unpaired) electrons. The Morgan fingerprint density at radius 2 is 1.70 bits per heavy atom. The van der Waals surface area contributed by atoms with E-state index in [0.29, 0.717) is 47.0 Å². The summed E-state index contributed by atoms with van der Waals surface area (Å²) in [6, 6.07) is 16.1. The molecule has 0 spiro atoms. The lowest BCUT2D eigenvalue weighted by atomic mass is 9.94. The number of fused-ring (bicyclic) bond motifs is 1. The van der Waals surface area contributed by atoms with E-state index in [4.69, 9.17) is 31.3 Å². The van der Waals surface area contributed by atoms with Crippen molar-refractivity contribution in [1.29, 1.82) is 0 Å². The summed E-state index contributed by atoms with van der Waals surface area (Å²) in [7, 11) is 0. The van der Waals surface area contributed by atoms with Crippen LogP contribution in [0.25, 0.3) is 22.2 Å². The van der Waals surface area contributed by atoms with Crippen molar-refractivity contribution in [1.82, 2.24) is 29.8 Å². The summed E-state index contributed by atoms with van der Waals surface area (Å²) in [5.74, 6) is 0.609. The van der Waals surface area contributed by atoms with Gasteiger partial charge >= 0.3 is 0 Å². The van der Waals surface area contributed by atoms with Crippen molar-refractivity contribution in [2.24, 2.45) is 0 Å². The molecule has 2 aromatic carbocycles. The largest absolute Gasteiger partial charge is 0.382 e. The zero-order valence-corrected chi connectivity index (χ0v) is 26.6. The minimum Gasteiger partial charge on any atom is -0.382 e. The normalized spacial score (nSPS) is 16.0. The van der Waals surface area contributed by atoms with Gasteiger partial charge in [0.1, 0.15) is 5.65 Å². The molecule has 7 rings (SSSR count). The summed E-state index contributed by atoms with van der Waals surface area (Å²) in [4.78, 5) is 33.3. The predicted octanol–water partition coefficient (Wildman–Crippen LogP) is 6.06. The molecule has 0 amide bonds. The summed E-state index contributed by atoms with van der Waals surface area (Å²) >= 11 is 6.68. The Morgan fingerprint density at radius 3 is 2.48 bits per heavy atom. The summed E-state index contributed by atoms with van der Waals surface area (Å²) in [5, 5.41) is 11.6. The molecular weight excluding hydrogens is 600 g/mol. The van der Waals surface area contributed by atoms with Crippen LogP contribution in [0.5, 0.6) is 0 Å². The average molecular weight is 637 g/mol. The number of hydrogen-bond acceptors (Lipinski definition) is 9. The van der Waals surface area contributed by atoms with Gasteiger partial charge in [-0.2, -0.15) is 4.98 Å². The number of aromatic nitrogens is 5. The number of anilines is 3. The van der Waals surface area contributed by atoms with E-state index in [1.165, 1.54) is 0 Å². The molecule has 0 bridgehead atoms. The van der Waals surface area contributed by atoms with Crippen LogP contribution in [0, 0.1) is 6.92 Å². The molecule has 2 aliphatic rings. The molecule has 2 fully saturated rings. The fourth-order valence-electron chi connectivity index (χ4n) is 6.34. The van der Waals surface area contributed by atoms with Gasteiger partial charge < -0.3 is 20.7 Å². The highest BCUT2D eigenvalue weighted by molar-refractivity contribution is 6.33. The van der Waals surface area contributed by atoms with Gasteiger partial charge in [0.2, 0.25) is 5.95 Å². The Hall–Kier alpha value is -4.38. The second-order valence-electron chi connectivity index (χ2n) is 12.1. The summed E-state index contributed by atoms with van der Waals surface area (Å²) in [5.41, 5.74) is 6.03. The highest BCUT2D eigenvalue weighted by Crippen LogP contribution is 2.31. The summed E-state index contributed by atoms with van der Waals surface area (Å²) < 4.78 is 7.27. The SMILES string of the molecule is Cc1ccc(-c2cc3cnc(Nc4ccc(NC5CCNCC5)cc4)nc3n(Cc3nccnc3C3CCOCC3)c2=O)c(Cl)c1. The molecule has 3 aromatic heterocycles. The number of ether oxygens (including phenoxy) is 1. The van der Waals surface area contributed by atoms with E-state index in [9.17, 15) is 4.79 Å². The van der Waals surface area contributed by atoms with E-state index in [1.54, 1.807) is 23.2 Å². The fourth-order valence-corrected chi connectivity index (χ4v) is 6.68. The van der Waals surface area contributed by atoms with Crippen molar-refractivity contribution >= 4 is 40.0 Å². The Labute approximate surface area is 272 Å². The number of piperidine rings is 1. The number of hydrogen-bond donors (Lipinski definition) is 3. The zero-order chi connectivity index (χ0) is 31.5. The Morgan fingerprint density at radius 1 is 0.935 bits per heavy atom. The summed E-state index contributed by atoms with van der Waals surface area (Å²) in [6.45, 7) is 5.62. The Kier molecular flexibility index (Phi) is 8.91. The van der Waals surface area contributed by atoms with Crippen molar-refractivity contribution in [2.45, 2.75) is 51.1 Å². The van der Waals surface area contributed by atoms with E-state index in [1.807, 2.05) is 43.3 Å². The first-order valence-corrected chi connectivity index (χ1v) is 16.3. The van der Waals surface area contributed by atoms with Crippen molar-refractivity contribution in [3.8, 4) is 11.1 Å². The van der Waals surface area contributed by atoms with Gasteiger partial charge in [-0.15, -0.1) is 0 Å². The van der Waals surface area contributed by atoms with Crippen LogP contribution in [0.2, 0.25) is 5.02 Å². The molecule has 46 heavy (non-hydrogen) atoms.